The highest BCUT2D eigenvalue weighted by Crippen LogP contribution is 2.69. The summed E-state index contributed by atoms with van der Waals surface area (Å²) in [5.41, 5.74) is 18.7. The van der Waals surface area contributed by atoms with Gasteiger partial charge in [0.1, 0.15) is 0 Å². The molecule has 0 unspecified atom stereocenters. The average Bonchev–Trinajstić information content (AvgIpc) is 3.70. The number of hydrogen-bond donors (Lipinski definition) is 0. The summed E-state index contributed by atoms with van der Waals surface area (Å²) >= 11 is 0. The van der Waals surface area contributed by atoms with Crippen LogP contribution in [0.1, 0.15) is 86.5 Å². The quantitative estimate of drug-likeness (QED) is 0.174. The zero-order chi connectivity index (χ0) is 37.3. The molecule has 7 aromatic carbocycles. The molecular formula is C56H49N. The third-order valence-electron chi connectivity index (χ3n) is 16.2. The molecule has 0 aliphatic heterocycles. The molecule has 2 spiro atoms. The maximum absolute atomic E-state index is 2.59. The molecule has 0 amide bonds. The third kappa shape index (κ3) is 4.47. The van der Waals surface area contributed by atoms with Crippen LogP contribution < -0.4 is 4.90 Å². The van der Waals surface area contributed by atoms with E-state index in [0.29, 0.717) is 0 Å². The fourth-order valence-corrected chi connectivity index (χ4v) is 14.3. The Morgan fingerprint density at radius 2 is 0.930 bits per heavy atom. The lowest BCUT2D eigenvalue weighted by atomic mass is 9.43. The Balaban J connectivity index is 0.990. The summed E-state index contributed by atoms with van der Waals surface area (Å²) in [4.78, 5) is 2.56. The van der Waals surface area contributed by atoms with Crippen molar-refractivity contribution >= 4 is 27.8 Å². The summed E-state index contributed by atoms with van der Waals surface area (Å²) in [6, 6.07) is 58.9. The highest BCUT2D eigenvalue weighted by atomic mass is 15.1. The van der Waals surface area contributed by atoms with E-state index in [0.717, 1.165) is 23.7 Å². The second-order valence-corrected chi connectivity index (χ2v) is 18.8. The first-order valence-corrected chi connectivity index (χ1v) is 22.1. The van der Waals surface area contributed by atoms with E-state index >= 15 is 0 Å². The molecular weight excluding hydrogens is 687 g/mol. The summed E-state index contributed by atoms with van der Waals surface area (Å²) in [7, 11) is 0. The molecule has 5 saturated carbocycles. The third-order valence-corrected chi connectivity index (χ3v) is 16.2. The highest BCUT2D eigenvalue weighted by molar-refractivity contribution is 5.97. The number of benzene rings is 7. The van der Waals surface area contributed by atoms with Crippen molar-refractivity contribution in [3.63, 3.8) is 0 Å². The molecule has 5 fully saturated rings. The van der Waals surface area contributed by atoms with Crippen LogP contribution >= 0.6 is 0 Å². The van der Waals surface area contributed by atoms with Crippen molar-refractivity contribution in [2.45, 2.75) is 75.0 Å². The Hall–Kier alpha value is -5.40. The number of fused-ring (bicyclic) bond motifs is 9. The highest BCUT2D eigenvalue weighted by Gasteiger charge is 2.61. The minimum atomic E-state index is 0.151. The lowest BCUT2D eigenvalue weighted by molar-refractivity contribution is -0.0399. The standard InChI is InChI=1S/C56H49N/c1-8-27-55(28-9-1)51-17-6-4-14-47(51)49-34-43(23-25-52(49)55)57(42-21-19-39(20-22-42)46-16-10-12-38-11-2-3-13-45(38)46)44-24-26-54-50(35-44)48-15-5-7-18-53(48)56(54)40-30-36-29-37(32-40)33-41(56)31-36/h2-7,10-26,34-37,40-41H,1,8-9,27-33H2. The summed E-state index contributed by atoms with van der Waals surface area (Å²) in [5.74, 6) is 3.42. The monoisotopic (exact) mass is 735 g/mol. The molecule has 1 heteroatoms. The largest absolute Gasteiger partial charge is 0.310 e. The van der Waals surface area contributed by atoms with E-state index < -0.39 is 0 Å². The number of rotatable bonds is 4. The molecule has 0 saturated heterocycles. The van der Waals surface area contributed by atoms with Gasteiger partial charge in [-0.3, -0.25) is 0 Å². The minimum Gasteiger partial charge on any atom is -0.310 e. The minimum absolute atomic E-state index is 0.151. The molecule has 0 aromatic heterocycles. The van der Waals surface area contributed by atoms with E-state index in [4.69, 9.17) is 0 Å². The van der Waals surface area contributed by atoms with Crippen LogP contribution in [0.5, 0.6) is 0 Å². The van der Waals surface area contributed by atoms with Crippen LogP contribution in [0.25, 0.3) is 44.2 Å². The summed E-state index contributed by atoms with van der Waals surface area (Å²) < 4.78 is 0. The van der Waals surface area contributed by atoms with Crippen molar-refractivity contribution in [1.82, 2.24) is 0 Å². The second-order valence-electron chi connectivity index (χ2n) is 18.8. The van der Waals surface area contributed by atoms with Crippen molar-refractivity contribution in [3.05, 3.63) is 174 Å². The predicted molar refractivity (Wildman–Crippen MR) is 237 cm³/mol. The summed E-state index contributed by atoms with van der Waals surface area (Å²) in [5, 5.41) is 2.58. The van der Waals surface area contributed by atoms with E-state index in [1.165, 1.54) is 125 Å². The smallest absolute Gasteiger partial charge is 0.0468 e. The first-order chi connectivity index (χ1) is 28.2. The lowest BCUT2D eigenvalue weighted by Gasteiger charge is -2.61. The van der Waals surface area contributed by atoms with Crippen LogP contribution in [-0.4, -0.2) is 0 Å². The van der Waals surface area contributed by atoms with Crippen LogP contribution in [0.4, 0.5) is 17.1 Å². The van der Waals surface area contributed by atoms with Gasteiger partial charge in [0.05, 0.1) is 0 Å². The van der Waals surface area contributed by atoms with Gasteiger partial charge in [-0.1, -0.05) is 135 Å². The zero-order valence-electron chi connectivity index (χ0n) is 32.8. The lowest BCUT2D eigenvalue weighted by Crippen LogP contribution is -2.55. The predicted octanol–water partition coefficient (Wildman–Crippen LogP) is 14.9. The molecule has 57 heavy (non-hydrogen) atoms. The first kappa shape index (κ1) is 32.7. The Morgan fingerprint density at radius 3 is 1.67 bits per heavy atom. The molecule has 0 radical (unpaired) electrons. The molecule has 7 aliphatic rings. The Kier molecular flexibility index (Phi) is 6.91. The van der Waals surface area contributed by atoms with E-state index in [9.17, 15) is 0 Å². The van der Waals surface area contributed by atoms with Crippen LogP contribution in [0, 0.1) is 23.7 Å². The van der Waals surface area contributed by atoms with Crippen molar-refractivity contribution in [2.24, 2.45) is 23.7 Å². The van der Waals surface area contributed by atoms with Crippen molar-refractivity contribution in [1.29, 1.82) is 0 Å². The van der Waals surface area contributed by atoms with Gasteiger partial charge in [-0.15, -0.1) is 0 Å². The van der Waals surface area contributed by atoms with Crippen molar-refractivity contribution in [3.8, 4) is 33.4 Å². The van der Waals surface area contributed by atoms with Gasteiger partial charge in [0.2, 0.25) is 0 Å². The van der Waals surface area contributed by atoms with Gasteiger partial charge in [-0.2, -0.15) is 0 Å². The first-order valence-electron chi connectivity index (χ1n) is 22.1. The SMILES string of the molecule is c1ccc2c(c1)-c1cc(N(c3ccc(-c4cccc5ccccc45)cc3)c3ccc4c(c3)-c3ccccc3C43C4CC5CC(C4)CC3C5)ccc1C21CCCCC1. The number of nitrogens with zero attached hydrogens (tertiary/aromatic N) is 1. The average molecular weight is 736 g/mol. The van der Waals surface area contributed by atoms with Gasteiger partial charge in [-0.05, 0) is 171 Å². The van der Waals surface area contributed by atoms with Crippen LogP contribution in [-0.2, 0) is 10.8 Å². The molecule has 7 aromatic rings. The Labute approximate surface area is 337 Å². The molecule has 0 N–H and O–H groups in total. The number of anilines is 3. The summed E-state index contributed by atoms with van der Waals surface area (Å²) in [6.07, 6.45) is 13.6. The van der Waals surface area contributed by atoms with Crippen molar-refractivity contribution in [2.75, 3.05) is 4.90 Å². The van der Waals surface area contributed by atoms with Crippen LogP contribution in [0.2, 0.25) is 0 Å². The summed E-state index contributed by atoms with van der Waals surface area (Å²) in [6.45, 7) is 0. The van der Waals surface area contributed by atoms with E-state index in [2.05, 4.69) is 157 Å². The Bertz CT molecular complexity index is 2710. The van der Waals surface area contributed by atoms with Gasteiger partial charge < -0.3 is 4.90 Å². The Morgan fingerprint density at radius 1 is 0.404 bits per heavy atom. The molecule has 1 nitrogen and oxygen atoms in total. The second kappa shape index (κ2) is 12.1. The number of hydrogen-bond acceptors (Lipinski definition) is 1. The molecule has 0 heterocycles. The molecule has 0 atom stereocenters. The van der Waals surface area contributed by atoms with Crippen molar-refractivity contribution < 1.29 is 0 Å². The zero-order valence-corrected chi connectivity index (χ0v) is 32.8. The van der Waals surface area contributed by atoms with Gasteiger partial charge in [0.25, 0.3) is 0 Å². The van der Waals surface area contributed by atoms with E-state index in [1.807, 2.05) is 0 Å². The molecule has 14 rings (SSSR count). The van der Waals surface area contributed by atoms with Gasteiger partial charge in [0.15, 0.2) is 0 Å². The maximum Gasteiger partial charge on any atom is 0.0468 e. The normalized spacial score (nSPS) is 25.4. The maximum atomic E-state index is 2.59. The molecule has 7 aliphatic carbocycles. The topological polar surface area (TPSA) is 3.24 Å². The molecule has 278 valence electrons. The van der Waals surface area contributed by atoms with E-state index in [1.54, 1.807) is 22.3 Å². The fraction of sp³-hybridized carbons (Fsp3) is 0.286. The van der Waals surface area contributed by atoms with Crippen LogP contribution in [0.3, 0.4) is 0 Å². The van der Waals surface area contributed by atoms with Gasteiger partial charge in [-0.25, -0.2) is 0 Å². The van der Waals surface area contributed by atoms with Gasteiger partial charge >= 0.3 is 0 Å². The fourth-order valence-electron chi connectivity index (χ4n) is 14.3. The van der Waals surface area contributed by atoms with Gasteiger partial charge in [0, 0.05) is 27.9 Å². The van der Waals surface area contributed by atoms with Crippen LogP contribution in [0.15, 0.2) is 152 Å². The molecule has 4 bridgehead atoms. The van der Waals surface area contributed by atoms with E-state index in [-0.39, 0.29) is 10.8 Å².